The Morgan fingerprint density at radius 1 is 1.14 bits per heavy atom. The molecule has 1 unspecified atom stereocenters. The first-order valence-corrected chi connectivity index (χ1v) is 8.00. The van der Waals surface area contributed by atoms with Crippen LogP contribution in [0.3, 0.4) is 0 Å². The minimum atomic E-state index is 0.450. The lowest BCUT2D eigenvalue weighted by molar-refractivity contribution is 0.411. The third kappa shape index (κ3) is 4.32. The third-order valence-electron chi connectivity index (χ3n) is 3.84. The van der Waals surface area contributed by atoms with E-state index in [2.05, 4.69) is 59.3 Å². The van der Waals surface area contributed by atoms with Gasteiger partial charge in [0, 0.05) is 0 Å². The van der Waals surface area contributed by atoms with Crippen LogP contribution in [0.15, 0.2) is 46.9 Å². The summed E-state index contributed by atoms with van der Waals surface area (Å²) in [5.74, 6) is 1.31. The van der Waals surface area contributed by atoms with E-state index in [-0.39, 0.29) is 0 Å². The van der Waals surface area contributed by atoms with Gasteiger partial charge in [0.25, 0.3) is 0 Å². The van der Waals surface area contributed by atoms with E-state index in [1.54, 1.807) is 7.11 Å². The van der Waals surface area contributed by atoms with Crippen LogP contribution < -0.4 is 10.5 Å². The first-order chi connectivity index (χ1) is 10.1. The summed E-state index contributed by atoms with van der Waals surface area (Å²) in [5.41, 5.74) is 9.99. The van der Waals surface area contributed by atoms with Crippen LogP contribution in [0.1, 0.15) is 16.7 Å². The molecule has 0 aromatic heterocycles. The lowest BCUT2D eigenvalue weighted by Gasteiger charge is -2.17. The first kappa shape index (κ1) is 16.1. The van der Waals surface area contributed by atoms with Crippen molar-refractivity contribution < 1.29 is 4.74 Å². The minimum absolute atomic E-state index is 0.450. The molecule has 112 valence electrons. The molecule has 2 nitrogen and oxygen atoms in total. The van der Waals surface area contributed by atoms with Crippen molar-refractivity contribution in [2.45, 2.75) is 19.8 Å². The zero-order valence-electron chi connectivity index (χ0n) is 12.6. The Morgan fingerprint density at radius 3 is 2.52 bits per heavy atom. The van der Waals surface area contributed by atoms with Gasteiger partial charge in [-0.3, -0.25) is 0 Å². The summed E-state index contributed by atoms with van der Waals surface area (Å²) in [4.78, 5) is 0. The maximum absolute atomic E-state index is 5.98. The summed E-state index contributed by atoms with van der Waals surface area (Å²) < 4.78 is 6.27. The van der Waals surface area contributed by atoms with E-state index in [1.165, 1.54) is 16.7 Å². The van der Waals surface area contributed by atoms with Crippen molar-refractivity contribution >= 4 is 15.9 Å². The van der Waals surface area contributed by atoms with Gasteiger partial charge >= 0.3 is 0 Å². The van der Waals surface area contributed by atoms with Crippen molar-refractivity contribution in [2.24, 2.45) is 11.7 Å². The molecular formula is C18H22BrNO. The average Bonchev–Trinajstić information content (AvgIpc) is 2.49. The highest BCUT2D eigenvalue weighted by Crippen LogP contribution is 2.27. The maximum Gasteiger partial charge on any atom is 0.133 e. The maximum atomic E-state index is 5.98. The number of halogens is 1. The molecule has 0 saturated heterocycles. The minimum Gasteiger partial charge on any atom is -0.496 e. The quantitative estimate of drug-likeness (QED) is 0.852. The summed E-state index contributed by atoms with van der Waals surface area (Å²) in [6.45, 7) is 2.85. The average molecular weight is 348 g/mol. The molecule has 0 aliphatic carbocycles. The largest absolute Gasteiger partial charge is 0.496 e. The van der Waals surface area contributed by atoms with E-state index in [1.807, 2.05) is 6.07 Å². The Hall–Kier alpha value is -1.32. The number of aryl methyl sites for hydroxylation is 1. The van der Waals surface area contributed by atoms with Crippen LogP contribution in [0.4, 0.5) is 0 Å². The number of nitrogens with two attached hydrogens (primary N) is 1. The molecule has 0 fully saturated rings. The molecule has 2 aromatic carbocycles. The second-order valence-electron chi connectivity index (χ2n) is 5.41. The fourth-order valence-corrected chi connectivity index (χ4v) is 3.15. The van der Waals surface area contributed by atoms with E-state index in [4.69, 9.17) is 10.5 Å². The van der Waals surface area contributed by atoms with E-state index in [0.717, 1.165) is 23.1 Å². The van der Waals surface area contributed by atoms with Gasteiger partial charge in [-0.1, -0.05) is 30.3 Å². The highest BCUT2D eigenvalue weighted by Gasteiger charge is 2.11. The summed E-state index contributed by atoms with van der Waals surface area (Å²) in [5, 5.41) is 0. The zero-order valence-corrected chi connectivity index (χ0v) is 14.2. The smallest absolute Gasteiger partial charge is 0.133 e. The van der Waals surface area contributed by atoms with Crippen LogP contribution in [0, 0.1) is 12.8 Å². The van der Waals surface area contributed by atoms with Crippen molar-refractivity contribution in [1.29, 1.82) is 0 Å². The van der Waals surface area contributed by atoms with Gasteiger partial charge in [-0.25, -0.2) is 0 Å². The standard InChI is InChI=1S/C18H22BrNO/c1-13-5-3-4-6-16(13)10-15(12-20)9-14-7-8-18(21-2)17(19)11-14/h3-8,11,15H,9-10,12,20H2,1-2H3. The third-order valence-corrected chi connectivity index (χ3v) is 4.46. The SMILES string of the molecule is COc1ccc(CC(CN)Cc2ccccc2C)cc1Br. The molecule has 0 bridgehead atoms. The van der Waals surface area contributed by atoms with Crippen LogP contribution in [0.5, 0.6) is 5.75 Å². The topological polar surface area (TPSA) is 35.2 Å². The summed E-state index contributed by atoms with van der Waals surface area (Å²) >= 11 is 3.54. The van der Waals surface area contributed by atoms with Gasteiger partial charge in [0.1, 0.15) is 5.75 Å². The lowest BCUT2D eigenvalue weighted by Crippen LogP contribution is -2.19. The molecule has 21 heavy (non-hydrogen) atoms. The molecule has 0 aliphatic rings. The molecular weight excluding hydrogens is 326 g/mol. The van der Waals surface area contributed by atoms with Crippen molar-refractivity contribution in [2.75, 3.05) is 13.7 Å². The van der Waals surface area contributed by atoms with Crippen molar-refractivity contribution in [3.8, 4) is 5.75 Å². The van der Waals surface area contributed by atoms with Gasteiger partial charge in [-0.2, -0.15) is 0 Å². The van der Waals surface area contributed by atoms with E-state index < -0.39 is 0 Å². The summed E-state index contributed by atoms with van der Waals surface area (Å²) in [7, 11) is 1.68. The van der Waals surface area contributed by atoms with Gasteiger partial charge in [-0.05, 0) is 77.0 Å². The van der Waals surface area contributed by atoms with E-state index in [9.17, 15) is 0 Å². The van der Waals surface area contributed by atoms with Gasteiger partial charge in [0.15, 0.2) is 0 Å². The molecule has 1 atom stereocenters. The fourth-order valence-electron chi connectivity index (χ4n) is 2.56. The molecule has 0 spiro atoms. The number of hydrogen-bond donors (Lipinski definition) is 1. The van der Waals surface area contributed by atoms with Gasteiger partial charge < -0.3 is 10.5 Å². The van der Waals surface area contributed by atoms with Crippen molar-refractivity contribution in [3.63, 3.8) is 0 Å². The van der Waals surface area contributed by atoms with E-state index >= 15 is 0 Å². The second kappa shape index (κ2) is 7.62. The lowest BCUT2D eigenvalue weighted by atomic mass is 9.91. The molecule has 2 aromatic rings. The highest BCUT2D eigenvalue weighted by molar-refractivity contribution is 9.10. The Kier molecular flexibility index (Phi) is 5.83. The number of methoxy groups -OCH3 is 1. The fraction of sp³-hybridized carbons (Fsp3) is 0.333. The zero-order chi connectivity index (χ0) is 15.2. The number of rotatable bonds is 6. The molecule has 3 heteroatoms. The van der Waals surface area contributed by atoms with Gasteiger partial charge in [0.05, 0.1) is 11.6 Å². The van der Waals surface area contributed by atoms with Crippen LogP contribution in [-0.2, 0) is 12.8 Å². The molecule has 2 N–H and O–H groups in total. The summed E-state index contributed by atoms with van der Waals surface area (Å²) in [6.07, 6.45) is 2.00. The van der Waals surface area contributed by atoms with Crippen LogP contribution in [0.2, 0.25) is 0 Å². The second-order valence-corrected chi connectivity index (χ2v) is 6.26. The van der Waals surface area contributed by atoms with Crippen molar-refractivity contribution in [1.82, 2.24) is 0 Å². The molecule has 0 heterocycles. The van der Waals surface area contributed by atoms with Crippen molar-refractivity contribution in [3.05, 3.63) is 63.6 Å². The molecule has 0 amide bonds. The van der Waals surface area contributed by atoms with Gasteiger partial charge in [-0.15, -0.1) is 0 Å². The Bertz CT molecular complexity index is 598. The van der Waals surface area contributed by atoms with E-state index in [0.29, 0.717) is 12.5 Å². The predicted octanol–water partition coefficient (Wildman–Crippen LogP) is 4.13. The summed E-state index contributed by atoms with van der Waals surface area (Å²) in [6, 6.07) is 14.8. The first-order valence-electron chi connectivity index (χ1n) is 7.21. The Balaban J connectivity index is 2.09. The van der Waals surface area contributed by atoms with Crippen LogP contribution in [0.25, 0.3) is 0 Å². The Morgan fingerprint density at radius 2 is 1.90 bits per heavy atom. The monoisotopic (exact) mass is 347 g/mol. The van der Waals surface area contributed by atoms with Crippen LogP contribution >= 0.6 is 15.9 Å². The molecule has 0 radical (unpaired) electrons. The Labute approximate surface area is 135 Å². The number of hydrogen-bond acceptors (Lipinski definition) is 2. The molecule has 0 aliphatic heterocycles. The van der Waals surface area contributed by atoms with Gasteiger partial charge in [0.2, 0.25) is 0 Å². The normalized spacial score (nSPS) is 12.2. The molecule has 2 rings (SSSR count). The van der Waals surface area contributed by atoms with Crippen LogP contribution in [-0.4, -0.2) is 13.7 Å². The number of ether oxygens (including phenoxy) is 1. The highest BCUT2D eigenvalue weighted by atomic mass is 79.9. The number of benzene rings is 2. The molecule has 0 saturated carbocycles. The predicted molar refractivity (Wildman–Crippen MR) is 91.8 cm³/mol.